The molecule has 6 heteroatoms. The van der Waals surface area contributed by atoms with Gasteiger partial charge in [0.05, 0.1) is 17.9 Å². The van der Waals surface area contributed by atoms with Gasteiger partial charge in [-0.3, -0.25) is 4.79 Å². The molecule has 5 nitrogen and oxygen atoms in total. The molecule has 1 unspecified atom stereocenters. The lowest BCUT2D eigenvalue weighted by atomic mass is 10.0. The Hall–Kier alpha value is -0.620. The second kappa shape index (κ2) is 6.35. The fraction of sp³-hybridized carbons (Fsp3) is 0.909. The molecule has 100 valence electrons. The minimum absolute atomic E-state index is 0.106. The van der Waals surface area contributed by atoms with Crippen LogP contribution < -0.4 is 0 Å². The zero-order valence-corrected chi connectivity index (χ0v) is 11.1. The van der Waals surface area contributed by atoms with E-state index in [2.05, 4.69) is 4.90 Å². The second-order valence-corrected chi connectivity index (χ2v) is 7.02. The van der Waals surface area contributed by atoms with Gasteiger partial charge in [-0.25, -0.2) is 8.42 Å². The molecule has 0 aromatic carbocycles. The van der Waals surface area contributed by atoms with Crippen molar-refractivity contribution >= 4 is 15.8 Å². The summed E-state index contributed by atoms with van der Waals surface area (Å²) in [5.74, 6) is -1.18. The largest absolute Gasteiger partial charge is 0.481 e. The number of carboxylic acid groups (broad SMARTS) is 1. The topological polar surface area (TPSA) is 74.7 Å². The summed E-state index contributed by atoms with van der Waals surface area (Å²) in [7, 11) is -1.19. The predicted molar refractivity (Wildman–Crippen MR) is 65.8 cm³/mol. The molecule has 0 aliphatic carbocycles. The maximum atomic E-state index is 11.6. The Morgan fingerprint density at radius 1 is 1.35 bits per heavy atom. The highest BCUT2D eigenvalue weighted by molar-refractivity contribution is 7.91. The van der Waals surface area contributed by atoms with Gasteiger partial charge in [-0.1, -0.05) is 6.42 Å². The van der Waals surface area contributed by atoms with Crippen molar-refractivity contribution in [2.24, 2.45) is 0 Å². The number of carboxylic acids is 1. The van der Waals surface area contributed by atoms with Gasteiger partial charge in [0.15, 0.2) is 9.84 Å². The van der Waals surface area contributed by atoms with Crippen LogP contribution >= 0.6 is 0 Å². The van der Waals surface area contributed by atoms with E-state index in [1.54, 1.807) is 0 Å². The van der Waals surface area contributed by atoms with Crippen molar-refractivity contribution in [1.82, 2.24) is 4.90 Å². The predicted octanol–water partition coefficient (Wildman–Crippen LogP) is 0.750. The van der Waals surface area contributed by atoms with E-state index >= 15 is 0 Å². The first-order chi connectivity index (χ1) is 7.91. The van der Waals surface area contributed by atoms with Gasteiger partial charge in [0.2, 0.25) is 0 Å². The van der Waals surface area contributed by atoms with Gasteiger partial charge in [-0.2, -0.15) is 0 Å². The van der Waals surface area contributed by atoms with Gasteiger partial charge >= 0.3 is 5.97 Å². The van der Waals surface area contributed by atoms with Crippen molar-refractivity contribution in [3.63, 3.8) is 0 Å². The van der Waals surface area contributed by atoms with Crippen LogP contribution in [0.15, 0.2) is 0 Å². The molecule has 0 aromatic rings. The molecule has 1 saturated heterocycles. The number of aliphatic carboxylic acids is 1. The molecule has 1 rings (SSSR count). The first-order valence-corrected chi connectivity index (χ1v) is 7.85. The molecule has 1 N–H and O–H groups in total. The van der Waals surface area contributed by atoms with Gasteiger partial charge in [-0.15, -0.1) is 0 Å². The highest BCUT2D eigenvalue weighted by Crippen LogP contribution is 2.18. The first kappa shape index (κ1) is 14.4. The number of piperidine rings is 1. The quantitative estimate of drug-likeness (QED) is 0.765. The monoisotopic (exact) mass is 263 g/mol. The number of carbonyl (C=O) groups is 1. The van der Waals surface area contributed by atoms with Gasteiger partial charge < -0.3 is 10.0 Å². The maximum Gasteiger partial charge on any atom is 0.304 e. The molecule has 0 radical (unpaired) electrons. The highest BCUT2D eigenvalue weighted by atomic mass is 32.2. The zero-order valence-electron chi connectivity index (χ0n) is 10.3. The maximum absolute atomic E-state index is 11.6. The lowest BCUT2D eigenvalue weighted by Crippen LogP contribution is -2.37. The lowest BCUT2D eigenvalue weighted by Gasteiger charge is -2.32. The molecule has 0 aromatic heterocycles. The van der Waals surface area contributed by atoms with Crippen LogP contribution in [-0.4, -0.2) is 55.5 Å². The van der Waals surface area contributed by atoms with Crippen LogP contribution in [0.3, 0.4) is 0 Å². The van der Waals surface area contributed by atoms with Gasteiger partial charge in [0.1, 0.15) is 0 Å². The molecular formula is C11H21NO4S. The molecule has 0 spiro atoms. The molecule has 0 amide bonds. The van der Waals surface area contributed by atoms with Crippen LogP contribution in [0.2, 0.25) is 0 Å². The summed E-state index contributed by atoms with van der Waals surface area (Å²) in [5.41, 5.74) is 0. The number of likely N-dealkylation sites (tertiary alicyclic amines) is 1. The van der Waals surface area contributed by atoms with E-state index in [1.165, 1.54) is 6.42 Å². The summed E-state index contributed by atoms with van der Waals surface area (Å²) in [6.45, 7) is 1.03. The van der Waals surface area contributed by atoms with Crippen LogP contribution in [0.5, 0.6) is 0 Å². The second-order valence-electron chi connectivity index (χ2n) is 4.71. The molecule has 1 atom stereocenters. The summed E-state index contributed by atoms with van der Waals surface area (Å²) < 4.78 is 23.2. The molecule has 1 fully saturated rings. The van der Waals surface area contributed by atoms with E-state index in [-0.39, 0.29) is 17.9 Å². The Bertz CT molecular complexity index is 352. The van der Waals surface area contributed by atoms with E-state index in [9.17, 15) is 13.2 Å². The molecule has 17 heavy (non-hydrogen) atoms. The molecule has 1 aliphatic heterocycles. The van der Waals surface area contributed by atoms with E-state index in [4.69, 9.17) is 5.11 Å². The Kier molecular flexibility index (Phi) is 5.39. The number of sulfone groups is 1. The smallest absolute Gasteiger partial charge is 0.304 e. The Balaban J connectivity index is 2.35. The summed E-state index contributed by atoms with van der Waals surface area (Å²) in [6, 6.07) is 0.336. The summed E-state index contributed by atoms with van der Waals surface area (Å²) in [4.78, 5) is 12.5. The average molecular weight is 263 g/mol. The standard InChI is InChI=1S/C11H21NO4S/c1-12-7-3-2-4-10(12)5-8-17(15,16)9-6-11(13)14/h10H,2-9H2,1H3,(H,13,14). The highest BCUT2D eigenvalue weighted by Gasteiger charge is 2.21. The van der Waals surface area contributed by atoms with Gasteiger partial charge in [0, 0.05) is 6.04 Å². The average Bonchev–Trinajstić information content (AvgIpc) is 2.26. The van der Waals surface area contributed by atoms with Crippen molar-refractivity contribution < 1.29 is 18.3 Å². The summed E-state index contributed by atoms with van der Waals surface area (Å²) >= 11 is 0. The molecule has 1 aliphatic rings. The third kappa shape index (κ3) is 5.50. The zero-order chi connectivity index (χ0) is 12.9. The van der Waals surface area contributed by atoms with E-state index in [1.807, 2.05) is 7.05 Å². The number of hydrogen-bond donors (Lipinski definition) is 1. The number of rotatable bonds is 6. The Morgan fingerprint density at radius 3 is 2.65 bits per heavy atom. The van der Waals surface area contributed by atoms with Crippen LogP contribution in [0, 0.1) is 0 Å². The third-order valence-electron chi connectivity index (χ3n) is 3.31. The molecular weight excluding hydrogens is 242 g/mol. The number of hydrogen-bond acceptors (Lipinski definition) is 4. The Labute approximate surface area is 103 Å². The minimum atomic E-state index is -3.21. The van der Waals surface area contributed by atoms with Crippen molar-refractivity contribution in [2.75, 3.05) is 25.1 Å². The van der Waals surface area contributed by atoms with Crippen LogP contribution in [0.1, 0.15) is 32.1 Å². The first-order valence-electron chi connectivity index (χ1n) is 6.03. The van der Waals surface area contributed by atoms with Crippen LogP contribution in [-0.2, 0) is 14.6 Å². The van der Waals surface area contributed by atoms with Crippen molar-refractivity contribution in [2.45, 2.75) is 38.1 Å². The lowest BCUT2D eigenvalue weighted by molar-refractivity contribution is -0.136. The molecule has 0 bridgehead atoms. The van der Waals surface area contributed by atoms with Gasteiger partial charge in [-0.05, 0) is 32.9 Å². The van der Waals surface area contributed by atoms with Crippen molar-refractivity contribution in [3.8, 4) is 0 Å². The fourth-order valence-corrected chi connectivity index (χ4v) is 3.49. The fourth-order valence-electron chi connectivity index (χ4n) is 2.17. The molecule has 0 saturated carbocycles. The van der Waals surface area contributed by atoms with E-state index in [0.717, 1.165) is 19.4 Å². The molecule has 1 heterocycles. The summed E-state index contributed by atoms with van der Waals surface area (Å²) in [6.07, 6.45) is 3.72. The van der Waals surface area contributed by atoms with Crippen LogP contribution in [0.25, 0.3) is 0 Å². The normalized spacial score (nSPS) is 22.5. The van der Waals surface area contributed by atoms with Crippen molar-refractivity contribution in [1.29, 1.82) is 0 Å². The SMILES string of the molecule is CN1CCCCC1CCS(=O)(=O)CCC(=O)O. The van der Waals surface area contributed by atoms with E-state index < -0.39 is 15.8 Å². The minimum Gasteiger partial charge on any atom is -0.481 e. The van der Waals surface area contributed by atoms with E-state index in [0.29, 0.717) is 12.5 Å². The Morgan fingerprint density at radius 2 is 2.06 bits per heavy atom. The van der Waals surface area contributed by atoms with Crippen molar-refractivity contribution in [3.05, 3.63) is 0 Å². The third-order valence-corrected chi connectivity index (χ3v) is 4.99. The van der Waals surface area contributed by atoms with Crippen LogP contribution in [0.4, 0.5) is 0 Å². The number of nitrogens with zero attached hydrogens (tertiary/aromatic N) is 1. The summed E-state index contributed by atoms with van der Waals surface area (Å²) in [5, 5.41) is 8.46. The van der Waals surface area contributed by atoms with Gasteiger partial charge in [0.25, 0.3) is 0 Å².